The fourth-order valence-corrected chi connectivity index (χ4v) is 3.19. The Labute approximate surface area is 179 Å². The molecule has 0 atom stereocenters. The van der Waals surface area contributed by atoms with Crippen LogP contribution < -0.4 is 10.1 Å². The Balaban J connectivity index is 1.55. The van der Waals surface area contributed by atoms with Crippen molar-refractivity contribution in [2.45, 2.75) is 27.3 Å². The summed E-state index contributed by atoms with van der Waals surface area (Å²) in [6.45, 7) is 6.48. The number of hydrogen-bond donors (Lipinski definition) is 1. The van der Waals surface area contributed by atoms with E-state index >= 15 is 0 Å². The molecule has 0 bridgehead atoms. The van der Waals surface area contributed by atoms with Crippen LogP contribution in [-0.4, -0.2) is 32.5 Å². The van der Waals surface area contributed by atoms with Gasteiger partial charge >= 0.3 is 0 Å². The molecule has 2 heterocycles. The lowest BCUT2D eigenvalue weighted by Gasteiger charge is -2.06. The molecule has 8 heteroatoms. The molecule has 0 aliphatic heterocycles. The van der Waals surface area contributed by atoms with Gasteiger partial charge in [0.25, 0.3) is 5.91 Å². The molecule has 1 amide bonds. The first-order valence-electron chi connectivity index (χ1n) is 10.0. The maximum Gasteiger partial charge on any atom is 0.278 e. The van der Waals surface area contributed by atoms with Crippen molar-refractivity contribution in [3.8, 4) is 17.2 Å². The number of nitrogens with one attached hydrogen (secondary N) is 1. The molecule has 0 radical (unpaired) electrons. The van der Waals surface area contributed by atoms with Crippen molar-refractivity contribution in [2.75, 3.05) is 11.9 Å². The molecule has 0 unspecified atom stereocenters. The predicted octanol–water partition coefficient (Wildman–Crippen LogP) is 4.25. The topological polar surface area (TPSA) is 95.1 Å². The molecule has 4 aromatic rings. The number of ether oxygens (including phenoxy) is 1. The molecular formula is C23H23N5O3. The van der Waals surface area contributed by atoms with Gasteiger partial charge < -0.3 is 14.5 Å². The Morgan fingerprint density at radius 2 is 1.84 bits per heavy atom. The summed E-state index contributed by atoms with van der Waals surface area (Å²) in [5, 5.41) is 11.0. The van der Waals surface area contributed by atoms with E-state index in [1.54, 1.807) is 11.6 Å². The van der Waals surface area contributed by atoms with Crippen molar-refractivity contribution in [2.24, 2.45) is 0 Å². The quantitative estimate of drug-likeness (QED) is 0.483. The average Bonchev–Trinajstić information content (AvgIpc) is 3.32. The van der Waals surface area contributed by atoms with Crippen LogP contribution in [0.5, 0.6) is 5.75 Å². The summed E-state index contributed by atoms with van der Waals surface area (Å²) >= 11 is 0. The summed E-state index contributed by atoms with van der Waals surface area (Å²) in [4.78, 5) is 17.2. The largest absolute Gasteiger partial charge is 0.493 e. The van der Waals surface area contributed by atoms with E-state index in [2.05, 4.69) is 20.6 Å². The molecule has 0 spiro atoms. The van der Waals surface area contributed by atoms with Crippen LogP contribution in [0.2, 0.25) is 0 Å². The van der Waals surface area contributed by atoms with E-state index in [1.165, 1.54) is 0 Å². The van der Waals surface area contributed by atoms with Crippen LogP contribution in [-0.2, 0) is 6.54 Å². The summed E-state index contributed by atoms with van der Waals surface area (Å²) in [6, 6.07) is 16.8. The zero-order valence-electron chi connectivity index (χ0n) is 17.6. The maximum atomic E-state index is 12.6. The number of rotatable bonds is 7. The van der Waals surface area contributed by atoms with E-state index in [1.807, 2.05) is 68.4 Å². The van der Waals surface area contributed by atoms with Crippen molar-refractivity contribution >= 4 is 11.6 Å². The minimum Gasteiger partial charge on any atom is -0.493 e. The van der Waals surface area contributed by atoms with Gasteiger partial charge in [0.1, 0.15) is 17.2 Å². The lowest BCUT2D eigenvalue weighted by atomic mass is 10.2. The van der Waals surface area contributed by atoms with Crippen molar-refractivity contribution in [3.05, 3.63) is 77.4 Å². The number of aromatic nitrogens is 4. The molecule has 0 aliphatic rings. The fourth-order valence-electron chi connectivity index (χ4n) is 3.19. The van der Waals surface area contributed by atoms with Gasteiger partial charge in [-0.2, -0.15) is 0 Å². The number of nitrogens with zero attached hydrogens (tertiary/aromatic N) is 4. The lowest BCUT2D eigenvalue weighted by Crippen LogP contribution is -2.14. The van der Waals surface area contributed by atoms with Crippen LogP contribution >= 0.6 is 0 Å². The molecule has 0 aliphatic carbocycles. The number of hydrogen-bond acceptors (Lipinski definition) is 6. The van der Waals surface area contributed by atoms with Gasteiger partial charge in [0.2, 0.25) is 5.89 Å². The molecule has 8 nitrogen and oxygen atoms in total. The Hall–Kier alpha value is -3.94. The maximum absolute atomic E-state index is 12.6. The predicted molar refractivity (Wildman–Crippen MR) is 116 cm³/mol. The van der Waals surface area contributed by atoms with E-state index in [4.69, 9.17) is 9.15 Å². The van der Waals surface area contributed by atoms with E-state index in [9.17, 15) is 4.79 Å². The highest BCUT2D eigenvalue weighted by Gasteiger charge is 2.20. The Morgan fingerprint density at radius 1 is 1.10 bits per heavy atom. The van der Waals surface area contributed by atoms with Crippen LogP contribution in [0.15, 0.2) is 59.0 Å². The van der Waals surface area contributed by atoms with Crippen LogP contribution in [0.3, 0.4) is 0 Å². The zero-order chi connectivity index (χ0) is 21.8. The number of anilines is 1. The molecule has 2 aromatic carbocycles. The van der Waals surface area contributed by atoms with Gasteiger partial charge in [0.05, 0.1) is 24.4 Å². The average molecular weight is 417 g/mol. The molecule has 2 aromatic heterocycles. The lowest BCUT2D eigenvalue weighted by molar-refractivity contribution is 0.102. The molecule has 4 rings (SSSR count). The molecule has 158 valence electrons. The van der Waals surface area contributed by atoms with Crippen molar-refractivity contribution in [1.82, 2.24) is 20.0 Å². The van der Waals surface area contributed by atoms with E-state index in [-0.39, 0.29) is 11.6 Å². The summed E-state index contributed by atoms with van der Waals surface area (Å²) in [6.07, 6.45) is 0. The van der Waals surface area contributed by atoms with Crippen LogP contribution in [0.25, 0.3) is 11.5 Å². The standard InChI is InChI=1S/C23H23N5O3/c1-4-30-20-13-9-8-12-18(20)23-25-19(16(3)31-23)14-28-15(2)21(26-27-28)22(29)24-17-10-6-5-7-11-17/h5-13H,4,14H2,1-3H3,(H,24,29). The second-order valence-corrected chi connectivity index (χ2v) is 6.95. The number of carbonyl (C=O) groups is 1. The molecule has 31 heavy (non-hydrogen) atoms. The smallest absolute Gasteiger partial charge is 0.278 e. The first-order chi connectivity index (χ1) is 15.1. The molecule has 1 N–H and O–H groups in total. The Morgan fingerprint density at radius 3 is 2.61 bits per heavy atom. The van der Waals surface area contributed by atoms with Gasteiger partial charge in [0, 0.05) is 5.69 Å². The third-order valence-corrected chi connectivity index (χ3v) is 4.84. The summed E-state index contributed by atoms with van der Waals surface area (Å²) in [7, 11) is 0. The third kappa shape index (κ3) is 4.32. The molecule has 0 saturated heterocycles. The van der Waals surface area contributed by atoms with Crippen molar-refractivity contribution in [3.63, 3.8) is 0 Å². The SMILES string of the molecule is CCOc1ccccc1-c1nc(Cn2nnc(C(=O)Nc3ccccc3)c2C)c(C)o1. The summed E-state index contributed by atoms with van der Waals surface area (Å²) in [5.74, 6) is 1.57. The minimum absolute atomic E-state index is 0.270. The van der Waals surface area contributed by atoms with Crippen molar-refractivity contribution < 1.29 is 13.9 Å². The zero-order valence-corrected chi connectivity index (χ0v) is 17.6. The number of carbonyl (C=O) groups excluding carboxylic acids is 1. The summed E-state index contributed by atoms with van der Waals surface area (Å²) < 4.78 is 13.2. The Bertz CT molecular complexity index is 1200. The number of aryl methyl sites for hydroxylation is 1. The molecule has 0 saturated carbocycles. The van der Waals surface area contributed by atoms with Gasteiger partial charge in [-0.25, -0.2) is 9.67 Å². The normalized spacial score (nSPS) is 10.8. The van der Waals surface area contributed by atoms with Crippen LogP contribution in [0.1, 0.15) is 34.6 Å². The number of oxazole rings is 1. The highest BCUT2D eigenvalue weighted by Crippen LogP contribution is 2.30. The third-order valence-electron chi connectivity index (χ3n) is 4.84. The van der Waals surface area contributed by atoms with Crippen molar-refractivity contribution in [1.29, 1.82) is 0 Å². The van der Waals surface area contributed by atoms with Gasteiger partial charge in [-0.3, -0.25) is 4.79 Å². The number of para-hydroxylation sites is 2. The van der Waals surface area contributed by atoms with Crippen LogP contribution in [0, 0.1) is 13.8 Å². The summed E-state index contributed by atoms with van der Waals surface area (Å²) in [5.41, 5.74) is 3.12. The number of benzene rings is 2. The fraction of sp³-hybridized carbons (Fsp3) is 0.217. The monoisotopic (exact) mass is 417 g/mol. The highest BCUT2D eigenvalue weighted by atomic mass is 16.5. The first kappa shape index (κ1) is 20.3. The van der Waals surface area contributed by atoms with Gasteiger partial charge in [-0.05, 0) is 45.0 Å². The van der Waals surface area contributed by atoms with E-state index < -0.39 is 0 Å². The molecular weight excluding hydrogens is 394 g/mol. The number of amides is 1. The van der Waals surface area contributed by atoms with E-state index in [0.717, 1.165) is 11.3 Å². The van der Waals surface area contributed by atoms with Gasteiger partial charge in [-0.1, -0.05) is 35.5 Å². The highest BCUT2D eigenvalue weighted by molar-refractivity contribution is 6.03. The Kier molecular flexibility index (Phi) is 5.79. The van der Waals surface area contributed by atoms with Gasteiger partial charge in [-0.15, -0.1) is 5.10 Å². The van der Waals surface area contributed by atoms with Crippen LogP contribution in [0.4, 0.5) is 5.69 Å². The van der Waals surface area contributed by atoms with E-state index in [0.29, 0.717) is 41.9 Å². The second kappa shape index (κ2) is 8.83. The minimum atomic E-state index is -0.307. The first-order valence-corrected chi connectivity index (χ1v) is 10.0. The molecule has 0 fully saturated rings. The van der Waals surface area contributed by atoms with Gasteiger partial charge in [0.15, 0.2) is 5.69 Å². The second-order valence-electron chi connectivity index (χ2n) is 6.95.